The number of rotatable bonds is 3. The van der Waals surface area contributed by atoms with Crippen molar-refractivity contribution < 1.29 is 19.4 Å². The average Bonchev–Trinajstić information content (AvgIpc) is 3.22. The highest BCUT2D eigenvalue weighted by Gasteiger charge is 2.28. The van der Waals surface area contributed by atoms with Crippen molar-refractivity contribution in [1.29, 1.82) is 0 Å². The lowest BCUT2D eigenvalue weighted by Crippen LogP contribution is -2.38. The number of H-pyrrole nitrogens is 1. The van der Waals surface area contributed by atoms with Gasteiger partial charge in [0.15, 0.2) is 0 Å². The number of hydrogen-bond donors (Lipinski definition) is 2. The topological polar surface area (TPSA) is 95.5 Å². The van der Waals surface area contributed by atoms with E-state index in [1.54, 1.807) is 0 Å². The van der Waals surface area contributed by atoms with Crippen LogP contribution in [-0.2, 0) is 14.3 Å². The summed E-state index contributed by atoms with van der Waals surface area (Å²) in [6.07, 6.45) is 3.79. The number of carboxylic acid groups (broad SMARTS) is 1. The summed E-state index contributed by atoms with van der Waals surface area (Å²) in [5, 5.41) is 6.89. The van der Waals surface area contributed by atoms with Gasteiger partial charge in [-0.3, -0.25) is 14.5 Å². The Balaban J connectivity index is 0.000000569. The third-order valence-corrected chi connectivity index (χ3v) is 4.81. The third kappa shape index (κ3) is 4.36. The van der Waals surface area contributed by atoms with Crippen molar-refractivity contribution in [1.82, 2.24) is 14.9 Å². The van der Waals surface area contributed by atoms with Gasteiger partial charge in [-0.05, 0) is 44.5 Å². The average molecular weight is 345 g/mol. The van der Waals surface area contributed by atoms with E-state index in [2.05, 4.69) is 22.0 Å². The first-order chi connectivity index (χ1) is 12.2. The minimum absolute atomic E-state index is 0.0397. The van der Waals surface area contributed by atoms with Crippen molar-refractivity contribution in [2.24, 2.45) is 0 Å². The molecular formula is C18H23N3O4. The smallest absolute Gasteiger partial charge is 0.306 e. The van der Waals surface area contributed by atoms with Crippen LogP contribution in [0.15, 0.2) is 24.3 Å². The second kappa shape index (κ2) is 8.11. The number of cyclic esters (lactones) is 1. The zero-order chi connectivity index (χ0) is 17.6. The number of aromatic amines is 1. The Bertz CT molecular complexity index is 689. The number of likely N-dealkylation sites (tertiary alicyclic amines) is 1. The van der Waals surface area contributed by atoms with E-state index in [0.29, 0.717) is 12.3 Å². The maximum atomic E-state index is 11.2. The van der Waals surface area contributed by atoms with Crippen molar-refractivity contribution in [3.05, 3.63) is 30.1 Å². The fraction of sp³-hybridized carbons (Fsp3) is 0.500. The van der Waals surface area contributed by atoms with Gasteiger partial charge >= 0.3 is 5.97 Å². The van der Waals surface area contributed by atoms with Crippen LogP contribution in [-0.4, -0.2) is 58.2 Å². The van der Waals surface area contributed by atoms with E-state index < -0.39 is 0 Å². The molecule has 0 radical (unpaired) electrons. The predicted molar refractivity (Wildman–Crippen MR) is 92.3 cm³/mol. The molecule has 2 fully saturated rings. The first-order valence-electron chi connectivity index (χ1n) is 8.64. The van der Waals surface area contributed by atoms with Crippen LogP contribution in [0.3, 0.4) is 0 Å². The van der Waals surface area contributed by atoms with Gasteiger partial charge in [-0.1, -0.05) is 12.1 Å². The molecule has 2 aromatic rings. The first-order valence-corrected chi connectivity index (χ1v) is 8.64. The summed E-state index contributed by atoms with van der Waals surface area (Å²) < 4.78 is 5.32. The van der Waals surface area contributed by atoms with Crippen LogP contribution in [0.4, 0.5) is 0 Å². The van der Waals surface area contributed by atoms with E-state index in [1.807, 2.05) is 12.1 Å². The van der Waals surface area contributed by atoms with E-state index in [-0.39, 0.29) is 18.5 Å². The molecule has 2 N–H and O–H groups in total. The number of nitrogens with zero attached hydrogens (tertiary/aromatic N) is 2. The number of para-hydroxylation sites is 2. The molecule has 2 saturated heterocycles. The number of ether oxygens (including phenoxy) is 1. The Morgan fingerprint density at radius 3 is 2.64 bits per heavy atom. The highest BCUT2D eigenvalue weighted by molar-refractivity contribution is 5.74. The van der Waals surface area contributed by atoms with Crippen LogP contribution in [0.5, 0.6) is 0 Å². The summed E-state index contributed by atoms with van der Waals surface area (Å²) >= 11 is 0. The molecule has 0 saturated carbocycles. The predicted octanol–water partition coefficient (Wildman–Crippen LogP) is 2.15. The molecule has 7 heteroatoms. The lowest BCUT2D eigenvalue weighted by atomic mass is 9.96. The molecule has 134 valence electrons. The normalized spacial score (nSPS) is 21.6. The summed E-state index contributed by atoms with van der Waals surface area (Å²) in [7, 11) is 0. The molecule has 0 aliphatic carbocycles. The summed E-state index contributed by atoms with van der Waals surface area (Å²) in [5.41, 5.74) is 2.18. The number of esters is 1. The largest absolute Gasteiger partial charge is 0.483 e. The zero-order valence-electron chi connectivity index (χ0n) is 14.1. The summed E-state index contributed by atoms with van der Waals surface area (Å²) in [5.74, 6) is 1.59. The van der Waals surface area contributed by atoms with Crippen LogP contribution < -0.4 is 0 Å². The highest BCUT2D eigenvalue weighted by atomic mass is 16.5. The van der Waals surface area contributed by atoms with E-state index in [4.69, 9.17) is 19.6 Å². The van der Waals surface area contributed by atoms with E-state index in [1.165, 1.54) is 0 Å². The molecule has 2 aliphatic rings. The van der Waals surface area contributed by atoms with E-state index >= 15 is 0 Å². The molecular weight excluding hydrogens is 322 g/mol. The van der Waals surface area contributed by atoms with Crippen molar-refractivity contribution in [2.75, 3.05) is 19.6 Å². The molecule has 1 aromatic heterocycles. The summed E-state index contributed by atoms with van der Waals surface area (Å²) in [6, 6.07) is 8.20. The number of benzene rings is 1. The Morgan fingerprint density at radius 2 is 2.00 bits per heavy atom. The zero-order valence-corrected chi connectivity index (χ0v) is 14.1. The number of fused-ring (bicyclic) bond motifs is 1. The lowest BCUT2D eigenvalue weighted by Gasteiger charge is -2.32. The Hall–Kier alpha value is -2.41. The van der Waals surface area contributed by atoms with Gasteiger partial charge in [0.05, 0.1) is 11.0 Å². The number of aromatic nitrogens is 2. The second-order valence-corrected chi connectivity index (χ2v) is 6.47. The van der Waals surface area contributed by atoms with Crippen molar-refractivity contribution >= 4 is 23.5 Å². The SMILES string of the molecule is O=C1CCC(CN2CCC(c3nc4ccccc4[nH]3)CC2)O1.O=CO. The maximum absolute atomic E-state index is 11.2. The molecule has 25 heavy (non-hydrogen) atoms. The summed E-state index contributed by atoms with van der Waals surface area (Å²) in [6.45, 7) is 2.74. The molecule has 1 aromatic carbocycles. The minimum Gasteiger partial charge on any atom is -0.483 e. The van der Waals surface area contributed by atoms with Gasteiger partial charge in [0.25, 0.3) is 6.47 Å². The number of hydrogen-bond acceptors (Lipinski definition) is 5. The molecule has 3 heterocycles. The van der Waals surface area contributed by atoms with Crippen LogP contribution in [0.1, 0.15) is 37.4 Å². The fourth-order valence-corrected chi connectivity index (χ4v) is 3.55. The minimum atomic E-state index is -0.250. The summed E-state index contributed by atoms with van der Waals surface area (Å²) in [4.78, 5) is 30.1. The molecule has 7 nitrogen and oxygen atoms in total. The standard InChI is InChI=1S/C17H21N3O2.CH2O2/c21-16-6-5-13(22-16)11-20-9-7-12(8-10-20)17-18-14-3-1-2-4-15(14)19-17;2-1-3/h1-4,12-13H,5-11H2,(H,18,19);1H,(H,2,3). The Labute approximate surface area is 146 Å². The van der Waals surface area contributed by atoms with Crippen molar-refractivity contribution in [3.63, 3.8) is 0 Å². The van der Waals surface area contributed by atoms with Gasteiger partial charge in [0.2, 0.25) is 0 Å². The quantitative estimate of drug-likeness (QED) is 0.654. The van der Waals surface area contributed by atoms with Crippen LogP contribution >= 0.6 is 0 Å². The number of carbonyl (C=O) groups is 2. The Morgan fingerprint density at radius 1 is 1.28 bits per heavy atom. The molecule has 0 bridgehead atoms. The van der Waals surface area contributed by atoms with Gasteiger partial charge in [-0.2, -0.15) is 0 Å². The second-order valence-electron chi connectivity index (χ2n) is 6.47. The highest BCUT2D eigenvalue weighted by Crippen LogP contribution is 2.28. The van der Waals surface area contributed by atoms with Gasteiger partial charge < -0.3 is 14.8 Å². The number of nitrogens with one attached hydrogen (secondary N) is 1. The van der Waals surface area contributed by atoms with Crippen LogP contribution in [0.2, 0.25) is 0 Å². The van der Waals surface area contributed by atoms with Gasteiger partial charge in [0, 0.05) is 18.9 Å². The van der Waals surface area contributed by atoms with E-state index in [0.717, 1.165) is 55.8 Å². The molecule has 2 aliphatic heterocycles. The Kier molecular flexibility index (Phi) is 5.65. The van der Waals surface area contributed by atoms with Crippen molar-refractivity contribution in [3.8, 4) is 0 Å². The van der Waals surface area contributed by atoms with Crippen LogP contribution in [0.25, 0.3) is 11.0 Å². The molecule has 4 rings (SSSR count). The monoisotopic (exact) mass is 345 g/mol. The fourth-order valence-electron chi connectivity index (χ4n) is 3.55. The molecule has 0 amide bonds. The van der Waals surface area contributed by atoms with Gasteiger partial charge in [-0.15, -0.1) is 0 Å². The number of piperidine rings is 1. The number of carbonyl (C=O) groups excluding carboxylic acids is 1. The van der Waals surface area contributed by atoms with Crippen LogP contribution in [0, 0.1) is 0 Å². The van der Waals surface area contributed by atoms with E-state index in [9.17, 15) is 4.79 Å². The molecule has 1 unspecified atom stereocenters. The number of imidazole rings is 1. The maximum Gasteiger partial charge on any atom is 0.306 e. The van der Waals surface area contributed by atoms with Crippen molar-refractivity contribution in [2.45, 2.75) is 37.7 Å². The lowest BCUT2D eigenvalue weighted by molar-refractivity contribution is -0.142. The molecule has 1 atom stereocenters. The van der Waals surface area contributed by atoms with Gasteiger partial charge in [0.1, 0.15) is 11.9 Å². The third-order valence-electron chi connectivity index (χ3n) is 4.81. The van der Waals surface area contributed by atoms with Gasteiger partial charge in [-0.25, -0.2) is 4.98 Å². The molecule has 0 spiro atoms. The first kappa shape index (κ1) is 17.4.